The van der Waals surface area contributed by atoms with Crippen molar-refractivity contribution < 1.29 is 9.47 Å². The maximum absolute atomic E-state index is 13.3. The number of methoxy groups -OCH3 is 1. The highest BCUT2D eigenvalue weighted by Gasteiger charge is 2.13. The molecular formula is C27H28N2O3. The van der Waals surface area contributed by atoms with Crippen molar-refractivity contribution in [1.29, 1.82) is 0 Å². The molecular weight excluding hydrogens is 400 g/mol. The third kappa shape index (κ3) is 4.52. The van der Waals surface area contributed by atoms with Gasteiger partial charge in [0.1, 0.15) is 17.3 Å². The molecule has 0 saturated heterocycles. The summed E-state index contributed by atoms with van der Waals surface area (Å²) in [6.45, 7) is 5.31. The standard InChI is InChI=1S/C27H28N2O3/c1-19-9-8-10-20(2)25(19)32-18-7-6-17-29-26(21-13-15-22(31-3)16-14-21)28-24-12-5-4-11-23(24)27(29)30/h4-5,8-16H,6-7,17-18H2,1-3H3. The first-order valence-electron chi connectivity index (χ1n) is 10.9. The van der Waals surface area contributed by atoms with E-state index < -0.39 is 0 Å². The number of hydrogen-bond donors (Lipinski definition) is 0. The zero-order chi connectivity index (χ0) is 22.5. The molecule has 0 spiro atoms. The van der Waals surface area contributed by atoms with Crippen LogP contribution in [0.1, 0.15) is 24.0 Å². The Kier molecular flexibility index (Phi) is 6.55. The lowest BCUT2D eigenvalue weighted by molar-refractivity contribution is 0.299. The van der Waals surface area contributed by atoms with Gasteiger partial charge in [0.25, 0.3) is 5.56 Å². The van der Waals surface area contributed by atoms with E-state index in [0.29, 0.717) is 29.9 Å². The number of hydrogen-bond acceptors (Lipinski definition) is 4. The van der Waals surface area contributed by atoms with E-state index in [2.05, 4.69) is 26.0 Å². The molecule has 0 atom stereocenters. The van der Waals surface area contributed by atoms with Gasteiger partial charge in [-0.1, -0.05) is 30.3 Å². The number of unbranched alkanes of at least 4 members (excludes halogenated alkanes) is 1. The number of aryl methyl sites for hydroxylation is 2. The minimum absolute atomic E-state index is 0.0166. The van der Waals surface area contributed by atoms with Crippen LogP contribution in [0.3, 0.4) is 0 Å². The van der Waals surface area contributed by atoms with E-state index in [0.717, 1.165) is 41.0 Å². The van der Waals surface area contributed by atoms with Crippen LogP contribution in [0.2, 0.25) is 0 Å². The molecule has 0 fully saturated rings. The molecule has 0 radical (unpaired) electrons. The van der Waals surface area contributed by atoms with E-state index in [4.69, 9.17) is 14.5 Å². The van der Waals surface area contributed by atoms with Crippen LogP contribution in [0.5, 0.6) is 11.5 Å². The summed E-state index contributed by atoms with van der Waals surface area (Å²) in [6, 6.07) is 21.3. The van der Waals surface area contributed by atoms with Crippen LogP contribution in [0, 0.1) is 13.8 Å². The predicted octanol–water partition coefficient (Wildman–Crippen LogP) is 5.55. The van der Waals surface area contributed by atoms with Crippen molar-refractivity contribution in [3.8, 4) is 22.9 Å². The Hall–Kier alpha value is -3.60. The van der Waals surface area contributed by atoms with Gasteiger partial charge in [0.15, 0.2) is 0 Å². The molecule has 32 heavy (non-hydrogen) atoms. The lowest BCUT2D eigenvalue weighted by Gasteiger charge is -2.15. The Morgan fingerprint density at radius 1 is 0.875 bits per heavy atom. The second-order valence-corrected chi connectivity index (χ2v) is 7.91. The average molecular weight is 429 g/mol. The summed E-state index contributed by atoms with van der Waals surface area (Å²) in [5.74, 6) is 2.40. The summed E-state index contributed by atoms with van der Waals surface area (Å²) in [5.41, 5.74) is 3.86. The molecule has 0 amide bonds. The first kappa shape index (κ1) is 21.6. The van der Waals surface area contributed by atoms with Gasteiger partial charge in [0.2, 0.25) is 0 Å². The number of benzene rings is 3. The number of rotatable bonds is 8. The van der Waals surface area contributed by atoms with Crippen LogP contribution in [0.15, 0.2) is 71.5 Å². The van der Waals surface area contributed by atoms with Gasteiger partial charge < -0.3 is 9.47 Å². The molecule has 0 N–H and O–H groups in total. The maximum Gasteiger partial charge on any atom is 0.261 e. The quantitative estimate of drug-likeness (QED) is 0.345. The fraction of sp³-hybridized carbons (Fsp3) is 0.259. The molecule has 4 aromatic rings. The van der Waals surface area contributed by atoms with Crippen molar-refractivity contribution in [2.24, 2.45) is 0 Å². The van der Waals surface area contributed by atoms with Crippen LogP contribution in [0.25, 0.3) is 22.3 Å². The lowest BCUT2D eigenvalue weighted by Crippen LogP contribution is -2.24. The Bertz CT molecular complexity index is 1260. The van der Waals surface area contributed by atoms with Crippen LogP contribution in [-0.4, -0.2) is 23.3 Å². The predicted molar refractivity (Wildman–Crippen MR) is 129 cm³/mol. The van der Waals surface area contributed by atoms with Gasteiger partial charge in [0.05, 0.1) is 24.6 Å². The third-order valence-corrected chi connectivity index (χ3v) is 5.64. The molecule has 1 heterocycles. The number of fused-ring (bicyclic) bond motifs is 1. The van der Waals surface area contributed by atoms with Gasteiger partial charge in [-0.05, 0) is 74.2 Å². The molecule has 0 saturated carbocycles. The van der Waals surface area contributed by atoms with Crippen LogP contribution in [-0.2, 0) is 6.54 Å². The lowest BCUT2D eigenvalue weighted by atomic mass is 10.1. The zero-order valence-electron chi connectivity index (χ0n) is 18.8. The van der Waals surface area contributed by atoms with Crippen molar-refractivity contribution in [3.63, 3.8) is 0 Å². The van der Waals surface area contributed by atoms with Crippen LogP contribution in [0.4, 0.5) is 0 Å². The van der Waals surface area contributed by atoms with E-state index in [1.807, 2.05) is 54.6 Å². The number of ether oxygens (including phenoxy) is 2. The fourth-order valence-electron chi connectivity index (χ4n) is 3.91. The van der Waals surface area contributed by atoms with Crippen molar-refractivity contribution in [1.82, 2.24) is 9.55 Å². The molecule has 4 rings (SSSR count). The van der Waals surface area contributed by atoms with Gasteiger partial charge in [-0.2, -0.15) is 0 Å². The van der Waals surface area contributed by atoms with Gasteiger partial charge in [-0.15, -0.1) is 0 Å². The Morgan fingerprint density at radius 3 is 2.31 bits per heavy atom. The average Bonchev–Trinajstić information content (AvgIpc) is 2.81. The second-order valence-electron chi connectivity index (χ2n) is 7.91. The van der Waals surface area contributed by atoms with E-state index in [1.165, 1.54) is 0 Å². The minimum Gasteiger partial charge on any atom is -0.497 e. The summed E-state index contributed by atoms with van der Waals surface area (Å²) in [7, 11) is 1.64. The third-order valence-electron chi connectivity index (χ3n) is 5.64. The minimum atomic E-state index is -0.0166. The van der Waals surface area contributed by atoms with Crippen molar-refractivity contribution >= 4 is 10.9 Å². The Morgan fingerprint density at radius 2 is 1.59 bits per heavy atom. The van der Waals surface area contributed by atoms with Crippen molar-refractivity contribution in [2.75, 3.05) is 13.7 Å². The topological polar surface area (TPSA) is 53.3 Å². The number of para-hydroxylation sites is 2. The SMILES string of the molecule is COc1ccc(-c2nc3ccccc3c(=O)n2CCCCOc2c(C)cccc2C)cc1. The van der Waals surface area contributed by atoms with Crippen molar-refractivity contribution in [3.05, 3.63) is 88.2 Å². The molecule has 5 nitrogen and oxygen atoms in total. The van der Waals surface area contributed by atoms with E-state index in [-0.39, 0.29) is 5.56 Å². The van der Waals surface area contributed by atoms with E-state index in [9.17, 15) is 4.79 Å². The number of nitrogens with zero attached hydrogens (tertiary/aromatic N) is 2. The molecule has 0 bridgehead atoms. The van der Waals surface area contributed by atoms with Crippen molar-refractivity contribution in [2.45, 2.75) is 33.2 Å². The molecule has 0 aliphatic carbocycles. The Labute approximate surface area is 188 Å². The first-order valence-corrected chi connectivity index (χ1v) is 10.9. The monoisotopic (exact) mass is 428 g/mol. The number of aromatic nitrogens is 2. The summed E-state index contributed by atoms with van der Waals surface area (Å²) in [6.07, 6.45) is 1.66. The fourth-order valence-corrected chi connectivity index (χ4v) is 3.91. The zero-order valence-corrected chi connectivity index (χ0v) is 18.8. The largest absolute Gasteiger partial charge is 0.497 e. The normalized spacial score (nSPS) is 11.0. The molecule has 0 aliphatic heterocycles. The second kappa shape index (κ2) is 9.69. The van der Waals surface area contributed by atoms with Crippen LogP contribution < -0.4 is 15.0 Å². The summed E-state index contributed by atoms with van der Waals surface area (Å²) < 4.78 is 13.1. The van der Waals surface area contributed by atoms with Gasteiger partial charge in [-0.25, -0.2) is 4.98 Å². The summed E-state index contributed by atoms with van der Waals surface area (Å²) in [5, 5.41) is 0.636. The van der Waals surface area contributed by atoms with Gasteiger partial charge in [0, 0.05) is 12.1 Å². The maximum atomic E-state index is 13.3. The van der Waals surface area contributed by atoms with Gasteiger partial charge >= 0.3 is 0 Å². The Balaban J connectivity index is 1.55. The highest BCUT2D eigenvalue weighted by atomic mass is 16.5. The molecule has 1 aromatic heterocycles. The molecule has 0 aliphatic rings. The highest BCUT2D eigenvalue weighted by Crippen LogP contribution is 2.24. The first-order chi connectivity index (χ1) is 15.6. The molecule has 5 heteroatoms. The molecule has 0 unspecified atom stereocenters. The van der Waals surface area contributed by atoms with Gasteiger partial charge in [-0.3, -0.25) is 9.36 Å². The smallest absolute Gasteiger partial charge is 0.261 e. The molecule has 3 aromatic carbocycles. The van der Waals surface area contributed by atoms with E-state index in [1.54, 1.807) is 11.7 Å². The van der Waals surface area contributed by atoms with Crippen LogP contribution >= 0.6 is 0 Å². The summed E-state index contributed by atoms with van der Waals surface area (Å²) in [4.78, 5) is 18.1. The molecule has 164 valence electrons. The highest BCUT2D eigenvalue weighted by molar-refractivity contribution is 5.79. The van der Waals surface area contributed by atoms with E-state index >= 15 is 0 Å². The summed E-state index contributed by atoms with van der Waals surface area (Å²) >= 11 is 0.